The number of carbonyl (C=O) groups excluding carboxylic acids is 1. The highest BCUT2D eigenvalue weighted by Gasteiger charge is 2.28. The van der Waals surface area contributed by atoms with Gasteiger partial charge in [-0.2, -0.15) is 0 Å². The van der Waals surface area contributed by atoms with Crippen molar-refractivity contribution in [3.8, 4) is 5.75 Å². The van der Waals surface area contributed by atoms with Crippen LogP contribution in [0.25, 0.3) is 0 Å². The smallest absolute Gasteiger partial charge is 0.264 e. The number of carbonyl (C=O) groups is 1. The monoisotopic (exact) mass is 526 g/mol. The molecule has 0 aromatic heterocycles. The molecule has 8 heteroatoms. The van der Waals surface area contributed by atoms with Crippen molar-refractivity contribution in [2.45, 2.75) is 50.5 Å². The van der Waals surface area contributed by atoms with Crippen LogP contribution in [-0.2, 0) is 27.7 Å². The van der Waals surface area contributed by atoms with Gasteiger partial charge in [-0.05, 0) is 86.6 Å². The quantitative estimate of drug-likeness (QED) is 0.414. The molecule has 1 amide bonds. The summed E-state index contributed by atoms with van der Waals surface area (Å²) in [7, 11) is -2.56. The summed E-state index contributed by atoms with van der Waals surface area (Å²) >= 11 is 6.30. The third-order valence-corrected chi connectivity index (χ3v) is 8.65. The second kappa shape index (κ2) is 10.9. The number of fused-ring (bicyclic) bond motifs is 1. The summed E-state index contributed by atoms with van der Waals surface area (Å²) in [6.07, 6.45) is 4.52. The standard InChI is InChI=1S/C28H31ClN2O4S/c1-19-8-13-25(14-9-19)36(33,34)31(24-12-15-27(35-3)26(29)17-24)18-28(32)30-20(2)22-11-10-21-6-4-5-7-23(21)16-22/h8-17,20H,4-7,18H2,1-3H3,(H,30,32)/t20-/m0/s1. The molecule has 0 spiro atoms. The summed E-state index contributed by atoms with van der Waals surface area (Å²) in [6.45, 7) is 3.40. The SMILES string of the molecule is COc1ccc(N(CC(=O)N[C@@H](C)c2ccc3c(c2)CCCC3)S(=O)(=O)c2ccc(C)cc2)cc1Cl. The molecule has 0 unspecified atom stereocenters. The van der Waals surface area contributed by atoms with Gasteiger partial charge in [-0.1, -0.05) is 47.5 Å². The summed E-state index contributed by atoms with van der Waals surface area (Å²) < 4.78 is 33.6. The minimum atomic E-state index is -4.04. The lowest BCUT2D eigenvalue weighted by Gasteiger charge is -2.26. The second-order valence-electron chi connectivity index (χ2n) is 9.17. The van der Waals surface area contributed by atoms with E-state index in [1.54, 1.807) is 24.3 Å². The lowest BCUT2D eigenvalue weighted by atomic mass is 9.89. The Balaban J connectivity index is 1.60. The molecule has 190 valence electrons. The Labute approximate surface area is 218 Å². The van der Waals surface area contributed by atoms with Crippen molar-refractivity contribution in [3.05, 3.63) is 87.9 Å². The zero-order chi connectivity index (χ0) is 25.9. The van der Waals surface area contributed by atoms with Gasteiger partial charge in [-0.15, -0.1) is 0 Å². The van der Waals surface area contributed by atoms with Crippen LogP contribution >= 0.6 is 11.6 Å². The highest BCUT2D eigenvalue weighted by atomic mass is 35.5. The molecule has 0 fully saturated rings. The second-order valence-corrected chi connectivity index (χ2v) is 11.4. The molecule has 0 saturated carbocycles. The molecule has 36 heavy (non-hydrogen) atoms. The van der Waals surface area contributed by atoms with Crippen molar-refractivity contribution in [1.82, 2.24) is 5.32 Å². The maximum atomic E-state index is 13.6. The van der Waals surface area contributed by atoms with Crippen LogP contribution in [0.1, 0.15) is 48.1 Å². The Morgan fingerprint density at radius 1 is 1.03 bits per heavy atom. The van der Waals surface area contributed by atoms with Gasteiger partial charge in [0.25, 0.3) is 10.0 Å². The van der Waals surface area contributed by atoms with E-state index in [1.165, 1.54) is 49.3 Å². The maximum absolute atomic E-state index is 13.6. The van der Waals surface area contributed by atoms with E-state index in [1.807, 2.05) is 19.9 Å². The van der Waals surface area contributed by atoms with Gasteiger partial charge in [0, 0.05) is 0 Å². The van der Waals surface area contributed by atoms with Gasteiger partial charge >= 0.3 is 0 Å². The Morgan fingerprint density at radius 2 is 1.72 bits per heavy atom. The van der Waals surface area contributed by atoms with Crippen molar-refractivity contribution >= 4 is 33.2 Å². The molecule has 4 rings (SSSR count). The first-order chi connectivity index (χ1) is 17.2. The Hall–Kier alpha value is -3.03. The molecule has 0 radical (unpaired) electrons. The van der Waals surface area contributed by atoms with E-state index in [4.69, 9.17) is 16.3 Å². The number of anilines is 1. The molecule has 3 aromatic carbocycles. The van der Waals surface area contributed by atoms with Gasteiger partial charge in [0.2, 0.25) is 5.91 Å². The van der Waals surface area contributed by atoms with E-state index in [9.17, 15) is 13.2 Å². The van der Waals surface area contributed by atoms with Crippen LogP contribution in [0.15, 0.2) is 65.6 Å². The number of hydrogen-bond acceptors (Lipinski definition) is 4. The van der Waals surface area contributed by atoms with Crippen molar-refractivity contribution in [2.24, 2.45) is 0 Å². The molecule has 0 saturated heterocycles. The minimum Gasteiger partial charge on any atom is -0.495 e. The van der Waals surface area contributed by atoms with Crippen LogP contribution in [-0.4, -0.2) is 28.0 Å². The van der Waals surface area contributed by atoms with Crippen molar-refractivity contribution in [2.75, 3.05) is 18.0 Å². The number of methoxy groups -OCH3 is 1. The molecule has 1 atom stereocenters. The first-order valence-corrected chi connectivity index (χ1v) is 13.8. The van der Waals surface area contributed by atoms with Crippen LogP contribution < -0.4 is 14.4 Å². The molecular weight excluding hydrogens is 496 g/mol. The fourth-order valence-electron chi connectivity index (χ4n) is 4.49. The molecule has 0 bridgehead atoms. The van der Waals surface area contributed by atoms with E-state index in [2.05, 4.69) is 17.4 Å². The number of nitrogens with zero attached hydrogens (tertiary/aromatic N) is 1. The molecule has 6 nitrogen and oxygen atoms in total. The highest BCUT2D eigenvalue weighted by Crippen LogP contribution is 2.32. The molecule has 1 aliphatic carbocycles. The number of sulfonamides is 1. The molecule has 3 aromatic rings. The molecule has 1 N–H and O–H groups in total. The molecule has 0 aliphatic heterocycles. The largest absolute Gasteiger partial charge is 0.495 e. The Morgan fingerprint density at radius 3 is 2.39 bits per heavy atom. The van der Waals surface area contributed by atoms with Crippen molar-refractivity contribution < 1.29 is 17.9 Å². The van der Waals surface area contributed by atoms with Crippen LogP contribution in [0.2, 0.25) is 5.02 Å². The number of hydrogen-bond donors (Lipinski definition) is 1. The number of aryl methyl sites for hydroxylation is 3. The first-order valence-electron chi connectivity index (χ1n) is 12.0. The molecular formula is C28H31ClN2O4S. The number of amides is 1. The van der Waals surface area contributed by atoms with E-state index < -0.39 is 22.5 Å². The number of ether oxygens (including phenoxy) is 1. The molecule has 0 heterocycles. The predicted octanol–water partition coefficient (Wildman–Crippen LogP) is 5.61. The van der Waals surface area contributed by atoms with Crippen molar-refractivity contribution in [3.63, 3.8) is 0 Å². The number of halogens is 1. The fourth-order valence-corrected chi connectivity index (χ4v) is 6.15. The van der Waals surface area contributed by atoms with Crippen LogP contribution in [0.5, 0.6) is 5.75 Å². The van der Waals surface area contributed by atoms with Gasteiger partial charge < -0.3 is 10.1 Å². The predicted molar refractivity (Wildman–Crippen MR) is 143 cm³/mol. The van der Waals surface area contributed by atoms with Gasteiger partial charge in [0.1, 0.15) is 12.3 Å². The lowest BCUT2D eigenvalue weighted by Crippen LogP contribution is -2.41. The first kappa shape index (κ1) is 26.0. The summed E-state index contributed by atoms with van der Waals surface area (Å²) in [4.78, 5) is 13.3. The van der Waals surface area contributed by atoms with Gasteiger partial charge in [-0.25, -0.2) is 8.42 Å². The van der Waals surface area contributed by atoms with Crippen LogP contribution in [0.4, 0.5) is 5.69 Å². The Bertz CT molecular complexity index is 1360. The van der Waals surface area contributed by atoms with Gasteiger partial charge in [-0.3, -0.25) is 9.10 Å². The van der Waals surface area contributed by atoms with Crippen LogP contribution in [0, 0.1) is 6.92 Å². The topological polar surface area (TPSA) is 75.7 Å². The number of nitrogens with one attached hydrogen (secondary N) is 1. The van der Waals surface area contributed by atoms with Crippen LogP contribution in [0.3, 0.4) is 0 Å². The maximum Gasteiger partial charge on any atom is 0.264 e. The zero-order valence-electron chi connectivity index (χ0n) is 20.8. The van der Waals surface area contributed by atoms with Gasteiger partial charge in [0.05, 0.1) is 28.8 Å². The highest BCUT2D eigenvalue weighted by molar-refractivity contribution is 7.92. The summed E-state index contributed by atoms with van der Waals surface area (Å²) in [5.74, 6) is 0.00133. The summed E-state index contributed by atoms with van der Waals surface area (Å²) in [6, 6.07) is 17.3. The normalized spacial score (nSPS) is 14.0. The van der Waals surface area contributed by atoms with Gasteiger partial charge in [0.15, 0.2) is 0 Å². The summed E-state index contributed by atoms with van der Waals surface area (Å²) in [5.41, 5.74) is 4.92. The van der Waals surface area contributed by atoms with E-state index in [0.717, 1.165) is 28.3 Å². The number of rotatable bonds is 8. The molecule has 1 aliphatic rings. The minimum absolute atomic E-state index is 0.0931. The average Bonchev–Trinajstić information content (AvgIpc) is 2.87. The lowest BCUT2D eigenvalue weighted by molar-refractivity contribution is -0.120. The van der Waals surface area contributed by atoms with Crippen molar-refractivity contribution in [1.29, 1.82) is 0 Å². The third kappa shape index (κ3) is 5.68. The average molecular weight is 527 g/mol. The zero-order valence-corrected chi connectivity index (χ0v) is 22.3. The van der Waals surface area contributed by atoms with E-state index in [-0.39, 0.29) is 21.6 Å². The fraction of sp³-hybridized carbons (Fsp3) is 0.321. The Kier molecular flexibility index (Phi) is 7.91. The van der Waals surface area contributed by atoms with E-state index >= 15 is 0 Å². The summed E-state index contributed by atoms with van der Waals surface area (Å²) in [5, 5.41) is 3.22. The van der Waals surface area contributed by atoms with E-state index in [0.29, 0.717) is 5.75 Å². The number of benzene rings is 3. The third-order valence-electron chi connectivity index (χ3n) is 6.57.